The summed E-state index contributed by atoms with van der Waals surface area (Å²) in [5, 5.41) is 17.9. The Bertz CT molecular complexity index is 1120. The number of nitrogens with zero attached hydrogens (tertiary/aromatic N) is 3. The number of aromatic nitrogens is 1. The number of pyridine rings is 1. The molecule has 1 aliphatic carbocycles. The lowest BCUT2D eigenvalue weighted by atomic mass is 9.65. The zero-order valence-electron chi connectivity index (χ0n) is 17.1. The monoisotopic (exact) mass is 438 g/mol. The molecular formula is C24H24ClFN4O. The number of oxime groups is 1. The van der Waals surface area contributed by atoms with Crippen LogP contribution in [0.2, 0.25) is 5.02 Å². The summed E-state index contributed by atoms with van der Waals surface area (Å²) in [5.74, 6) is 0.585. The van der Waals surface area contributed by atoms with Gasteiger partial charge in [0.05, 0.1) is 5.52 Å². The third-order valence-electron chi connectivity index (χ3n) is 6.73. The van der Waals surface area contributed by atoms with Gasteiger partial charge in [0.2, 0.25) is 0 Å². The molecule has 1 saturated carbocycles. The number of benzene rings is 2. The highest BCUT2D eigenvalue weighted by Crippen LogP contribution is 2.48. The molecule has 0 unspecified atom stereocenters. The molecule has 2 fully saturated rings. The highest BCUT2D eigenvalue weighted by atomic mass is 35.5. The molecule has 1 aromatic heterocycles. The second-order valence-electron chi connectivity index (χ2n) is 8.74. The standard InChI is InChI=1S/C24H24ClFN4O/c25-17-1-4-19(5-2-17)28-23(29-31)16-7-10-24(11-8-16)14-30(15-24)22-9-12-27-21-6-3-18(26)13-20(21)22/h1-6,9,12-13,16,31H,7-8,10-11,14-15H2,(H,28,29). The van der Waals surface area contributed by atoms with E-state index in [9.17, 15) is 9.60 Å². The van der Waals surface area contributed by atoms with Crippen LogP contribution in [0.1, 0.15) is 25.7 Å². The van der Waals surface area contributed by atoms with Gasteiger partial charge in [-0.2, -0.15) is 0 Å². The molecule has 1 aliphatic heterocycles. The Kier molecular flexibility index (Phi) is 5.18. The van der Waals surface area contributed by atoms with Gasteiger partial charge in [0, 0.05) is 52.4 Å². The van der Waals surface area contributed by atoms with Crippen molar-refractivity contribution in [2.45, 2.75) is 25.7 Å². The SMILES string of the molecule is O/N=C(\Nc1ccc(Cl)cc1)C1CCC2(CC1)CN(c1ccnc3ccc(F)cc13)C2. The lowest BCUT2D eigenvalue weighted by Crippen LogP contribution is -2.58. The Labute approximate surface area is 185 Å². The average molecular weight is 439 g/mol. The van der Waals surface area contributed by atoms with Gasteiger partial charge in [-0.05, 0) is 74.2 Å². The van der Waals surface area contributed by atoms with Crippen LogP contribution < -0.4 is 10.2 Å². The first-order valence-corrected chi connectivity index (χ1v) is 11.0. The molecule has 0 radical (unpaired) electrons. The van der Waals surface area contributed by atoms with E-state index in [0.717, 1.165) is 61.1 Å². The van der Waals surface area contributed by atoms with Crippen molar-refractivity contribution < 1.29 is 9.60 Å². The molecule has 2 aliphatic rings. The number of hydrogen-bond acceptors (Lipinski definition) is 4. The van der Waals surface area contributed by atoms with Crippen molar-refractivity contribution in [1.82, 2.24) is 4.98 Å². The van der Waals surface area contributed by atoms with Crippen LogP contribution >= 0.6 is 11.6 Å². The molecule has 1 saturated heterocycles. The maximum Gasteiger partial charge on any atom is 0.149 e. The molecule has 2 N–H and O–H groups in total. The average Bonchev–Trinajstić information content (AvgIpc) is 2.77. The summed E-state index contributed by atoms with van der Waals surface area (Å²) in [7, 11) is 0. The van der Waals surface area contributed by atoms with Crippen LogP contribution in [0.25, 0.3) is 10.9 Å². The van der Waals surface area contributed by atoms with Crippen LogP contribution in [-0.4, -0.2) is 29.1 Å². The van der Waals surface area contributed by atoms with Crippen molar-refractivity contribution in [3.05, 3.63) is 65.6 Å². The quantitative estimate of drug-likeness (QED) is 0.230. The Balaban J connectivity index is 1.23. The molecule has 1 spiro atoms. The van der Waals surface area contributed by atoms with Gasteiger partial charge in [-0.25, -0.2) is 4.39 Å². The Morgan fingerprint density at radius 2 is 1.87 bits per heavy atom. The second kappa shape index (κ2) is 8.00. The molecule has 0 amide bonds. The lowest BCUT2D eigenvalue weighted by molar-refractivity contribution is 0.125. The molecule has 0 bridgehead atoms. The molecule has 3 aromatic rings. The van der Waals surface area contributed by atoms with Crippen LogP contribution in [0, 0.1) is 17.2 Å². The van der Waals surface area contributed by atoms with Crippen molar-refractivity contribution >= 4 is 39.7 Å². The first-order chi connectivity index (χ1) is 15.0. The minimum absolute atomic E-state index is 0.205. The molecule has 160 valence electrons. The van der Waals surface area contributed by atoms with Gasteiger partial charge in [-0.1, -0.05) is 16.8 Å². The third kappa shape index (κ3) is 3.92. The van der Waals surface area contributed by atoms with E-state index < -0.39 is 0 Å². The number of nitrogens with one attached hydrogen (secondary N) is 1. The summed E-state index contributed by atoms with van der Waals surface area (Å²) < 4.78 is 13.8. The van der Waals surface area contributed by atoms with Crippen molar-refractivity contribution in [1.29, 1.82) is 0 Å². The predicted molar refractivity (Wildman–Crippen MR) is 123 cm³/mol. The summed E-state index contributed by atoms with van der Waals surface area (Å²) in [4.78, 5) is 6.69. The summed E-state index contributed by atoms with van der Waals surface area (Å²) in [6.07, 6.45) is 5.89. The number of halogens is 2. The van der Waals surface area contributed by atoms with Gasteiger partial charge in [0.1, 0.15) is 11.7 Å². The summed E-state index contributed by atoms with van der Waals surface area (Å²) in [6, 6.07) is 14.1. The molecule has 31 heavy (non-hydrogen) atoms. The van der Waals surface area contributed by atoms with Gasteiger partial charge in [-0.3, -0.25) is 4.98 Å². The van der Waals surface area contributed by atoms with Crippen LogP contribution in [0.15, 0.2) is 59.9 Å². The van der Waals surface area contributed by atoms with E-state index in [2.05, 4.69) is 20.4 Å². The van der Waals surface area contributed by atoms with Crippen LogP contribution in [0.4, 0.5) is 15.8 Å². The van der Waals surface area contributed by atoms with Crippen molar-refractivity contribution in [2.75, 3.05) is 23.3 Å². The van der Waals surface area contributed by atoms with E-state index in [1.54, 1.807) is 18.3 Å². The number of hydrogen-bond donors (Lipinski definition) is 2. The van der Waals surface area contributed by atoms with Gasteiger partial charge >= 0.3 is 0 Å². The Morgan fingerprint density at radius 1 is 1.13 bits per heavy atom. The van der Waals surface area contributed by atoms with E-state index in [1.165, 1.54) is 6.07 Å². The zero-order valence-corrected chi connectivity index (χ0v) is 17.8. The van der Waals surface area contributed by atoms with E-state index in [1.807, 2.05) is 30.3 Å². The van der Waals surface area contributed by atoms with E-state index in [4.69, 9.17) is 11.6 Å². The van der Waals surface area contributed by atoms with E-state index in [0.29, 0.717) is 10.9 Å². The first-order valence-electron chi connectivity index (χ1n) is 10.6. The molecule has 7 heteroatoms. The van der Waals surface area contributed by atoms with Crippen molar-refractivity contribution in [3.8, 4) is 0 Å². The summed E-state index contributed by atoms with van der Waals surface area (Å²) in [6.45, 7) is 1.93. The zero-order chi connectivity index (χ0) is 21.4. The van der Waals surface area contributed by atoms with E-state index >= 15 is 0 Å². The topological polar surface area (TPSA) is 60.8 Å². The first kappa shape index (κ1) is 20.1. The number of fused-ring (bicyclic) bond motifs is 1. The predicted octanol–water partition coefficient (Wildman–Crippen LogP) is 5.92. The molecule has 5 nitrogen and oxygen atoms in total. The van der Waals surface area contributed by atoms with Crippen molar-refractivity contribution in [2.24, 2.45) is 16.5 Å². The smallest absolute Gasteiger partial charge is 0.149 e. The van der Waals surface area contributed by atoms with E-state index in [-0.39, 0.29) is 17.2 Å². The molecule has 2 aromatic carbocycles. The third-order valence-corrected chi connectivity index (χ3v) is 6.98. The number of amidine groups is 1. The fourth-order valence-corrected chi connectivity index (χ4v) is 5.15. The summed E-state index contributed by atoms with van der Waals surface area (Å²) >= 11 is 5.95. The summed E-state index contributed by atoms with van der Waals surface area (Å²) in [5.41, 5.74) is 3.02. The molecule has 0 atom stereocenters. The minimum atomic E-state index is -0.235. The van der Waals surface area contributed by atoms with Gasteiger partial charge in [0.15, 0.2) is 0 Å². The molecular weight excluding hydrogens is 415 g/mol. The van der Waals surface area contributed by atoms with Gasteiger partial charge < -0.3 is 15.4 Å². The second-order valence-corrected chi connectivity index (χ2v) is 9.18. The number of rotatable bonds is 3. The maximum absolute atomic E-state index is 13.8. The highest BCUT2D eigenvalue weighted by Gasteiger charge is 2.46. The fraction of sp³-hybridized carbons (Fsp3) is 0.333. The highest BCUT2D eigenvalue weighted by molar-refractivity contribution is 6.30. The molecule has 2 heterocycles. The fourth-order valence-electron chi connectivity index (χ4n) is 5.02. The lowest BCUT2D eigenvalue weighted by Gasteiger charge is -2.54. The van der Waals surface area contributed by atoms with Crippen LogP contribution in [0.3, 0.4) is 0 Å². The maximum atomic E-state index is 13.8. The largest absolute Gasteiger partial charge is 0.409 e. The van der Waals surface area contributed by atoms with Crippen LogP contribution in [-0.2, 0) is 0 Å². The van der Waals surface area contributed by atoms with Gasteiger partial charge in [-0.15, -0.1) is 0 Å². The Morgan fingerprint density at radius 3 is 2.58 bits per heavy atom. The van der Waals surface area contributed by atoms with Gasteiger partial charge in [0.25, 0.3) is 0 Å². The minimum Gasteiger partial charge on any atom is -0.409 e. The normalized spacial score (nSPS) is 18.9. The molecule has 5 rings (SSSR count). The Hall–Kier alpha value is -2.86. The van der Waals surface area contributed by atoms with Crippen LogP contribution in [0.5, 0.6) is 0 Å². The number of anilines is 2. The van der Waals surface area contributed by atoms with Crippen molar-refractivity contribution in [3.63, 3.8) is 0 Å².